The number of piperazine rings is 1. The van der Waals surface area contributed by atoms with Gasteiger partial charge in [0.2, 0.25) is 0 Å². The van der Waals surface area contributed by atoms with Gasteiger partial charge in [-0.05, 0) is 43.7 Å². The van der Waals surface area contributed by atoms with Crippen molar-refractivity contribution in [1.29, 1.82) is 0 Å². The topological polar surface area (TPSA) is 54.3 Å². The zero-order chi connectivity index (χ0) is 21.3. The fraction of sp³-hybridized carbons (Fsp3) is 0.318. The summed E-state index contributed by atoms with van der Waals surface area (Å²) in [6, 6.07) is 11.3. The normalized spacial score (nSPS) is 14.9. The zero-order valence-electron chi connectivity index (χ0n) is 17.0. The second-order valence-corrected chi connectivity index (χ2v) is 8.31. The van der Waals surface area contributed by atoms with Crippen molar-refractivity contribution in [3.05, 3.63) is 75.2 Å². The standard InChI is InChI=1S/C22H23Cl2N5O/c1-15-12-16(2)29(26-15)20-7-6-17(13-25-20)22(30)28-10-8-27(9-11-28)14-18-4-3-5-19(23)21(18)24/h3-7,12-13H,8-11,14H2,1-2H3. The van der Waals surface area contributed by atoms with E-state index >= 15 is 0 Å². The number of amides is 1. The Morgan fingerprint density at radius 3 is 2.47 bits per heavy atom. The van der Waals surface area contributed by atoms with Gasteiger partial charge in [0.15, 0.2) is 5.82 Å². The van der Waals surface area contributed by atoms with Gasteiger partial charge in [-0.1, -0.05) is 35.3 Å². The molecule has 1 aromatic carbocycles. The van der Waals surface area contributed by atoms with Gasteiger partial charge in [0.1, 0.15) is 0 Å². The third-order valence-corrected chi connectivity index (χ3v) is 6.16. The molecule has 0 N–H and O–H groups in total. The molecule has 3 heterocycles. The number of carbonyl (C=O) groups excluding carboxylic acids is 1. The second-order valence-electron chi connectivity index (χ2n) is 7.53. The van der Waals surface area contributed by atoms with Crippen LogP contribution in [0.4, 0.5) is 0 Å². The number of aryl methyl sites for hydroxylation is 2. The first-order valence-electron chi connectivity index (χ1n) is 9.86. The Bertz CT molecular complexity index is 1060. The highest BCUT2D eigenvalue weighted by molar-refractivity contribution is 6.42. The molecule has 156 valence electrons. The average molecular weight is 444 g/mol. The molecule has 30 heavy (non-hydrogen) atoms. The fourth-order valence-corrected chi connectivity index (χ4v) is 4.08. The molecule has 0 unspecified atom stereocenters. The molecule has 0 radical (unpaired) electrons. The van der Waals surface area contributed by atoms with Crippen molar-refractivity contribution < 1.29 is 4.79 Å². The van der Waals surface area contributed by atoms with Crippen molar-refractivity contribution in [3.63, 3.8) is 0 Å². The summed E-state index contributed by atoms with van der Waals surface area (Å²) in [7, 11) is 0. The Morgan fingerprint density at radius 1 is 1.07 bits per heavy atom. The van der Waals surface area contributed by atoms with Gasteiger partial charge < -0.3 is 4.90 Å². The van der Waals surface area contributed by atoms with Gasteiger partial charge in [-0.3, -0.25) is 9.69 Å². The first-order valence-corrected chi connectivity index (χ1v) is 10.6. The van der Waals surface area contributed by atoms with E-state index in [0.29, 0.717) is 34.5 Å². The van der Waals surface area contributed by atoms with Crippen molar-refractivity contribution in [1.82, 2.24) is 24.6 Å². The predicted molar refractivity (Wildman–Crippen MR) is 118 cm³/mol. The maximum absolute atomic E-state index is 12.9. The van der Waals surface area contributed by atoms with Crippen LogP contribution in [0.2, 0.25) is 10.0 Å². The Kier molecular flexibility index (Phi) is 6.09. The van der Waals surface area contributed by atoms with Crippen LogP contribution in [0, 0.1) is 13.8 Å². The summed E-state index contributed by atoms with van der Waals surface area (Å²) < 4.78 is 1.78. The van der Waals surface area contributed by atoms with Gasteiger partial charge in [-0.15, -0.1) is 0 Å². The number of benzene rings is 1. The van der Waals surface area contributed by atoms with E-state index < -0.39 is 0 Å². The number of hydrogen-bond acceptors (Lipinski definition) is 4. The first kappa shape index (κ1) is 20.8. The smallest absolute Gasteiger partial charge is 0.255 e. The minimum atomic E-state index is 0.00264. The fourth-order valence-electron chi connectivity index (χ4n) is 3.70. The molecule has 0 saturated carbocycles. The first-order chi connectivity index (χ1) is 14.4. The Hall–Kier alpha value is -2.41. The molecule has 0 atom stereocenters. The molecule has 1 saturated heterocycles. The lowest BCUT2D eigenvalue weighted by atomic mass is 10.1. The van der Waals surface area contributed by atoms with E-state index in [9.17, 15) is 4.79 Å². The third-order valence-electron chi connectivity index (χ3n) is 5.31. The van der Waals surface area contributed by atoms with E-state index in [0.717, 1.165) is 36.6 Å². The van der Waals surface area contributed by atoms with Crippen LogP contribution >= 0.6 is 23.2 Å². The molecule has 4 rings (SSSR count). The average Bonchev–Trinajstić information content (AvgIpc) is 3.09. The molecule has 1 fully saturated rings. The molecule has 0 aliphatic carbocycles. The number of nitrogens with zero attached hydrogens (tertiary/aromatic N) is 5. The van der Waals surface area contributed by atoms with E-state index in [4.69, 9.17) is 23.2 Å². The maximum atomic E-state index is 12.9. The Labute approximate surface area is 186 Å². The molecular weight excluding hydrogens is 421 g/mol. The van der Waals surface area contributed by atoms with Crippen LogP contribution in [0.25, 0.3) is 5.82 Å². The van der Waals surface area contributed by atoms with Crippen molar-refractivity contribution in [2.45, 2.75) is 20.4 Å². The van der Waals surface area contributed by atoms with Gasteiger partial charge in [-0.2, -0.15) is 5.10 Å². The number of pyridine rings is 1. The lowest BCUT2D eigenvalue weighted by Gasteiger charge is -2.35. The monoisotopic (exact) mass is 443 g/mol. The molecular formula is C22H23Cl2N5O. The minimum Gasteiger partial charge on any atom is -0.336 e. The van der Waals surface area contributed by atoms with Gasteiger partial charge in [0.25, 0.3) is 5.91 Å². The van der Waals surface area contributed by atoms with Gasteiger partial charge in [0.05, 0.1) is 21.3 Å². The van der Waals surface area contributed by atoms with Crippen LogP contribution in [-0.2, 0) is 6.54 Å². The third kappa shape index (κ3) is 4.36. The molecule has 1 aliphatic heterocycles. The lowest BCUT2D eigenvalue weighted by molar-refractivity contribution is 0.0628. The molecule has 8 heteroatoms. The number of aromatic nitrogens is 3. The number of carbonyl (C=O) groups is 1. The summed E-state index contributed by atoms with van der Waals surface area (Å²) in [6.07, 6.45) is 1.63. The van der Waals surface area contributed by atoms with Crippen molar-refractivity contribution >= 4 is 29.1 Å². The van der Waals surface area contributed by atoms with Crippen molar-refractivity contribution in [3.8, 4) is 5.82 Å². The van der Waals surface area contributed by atoms with Crippen molar-refractivity contribution in [2.24, 2.45) is 0 Å². The molecule has 0 bridgehead atoms. The van der Waals surface area contributed by atoms with E-state index in [1.54, 1.807) is 16.9 Å². The van der Waals surface area contributed by atoms with Crippen molar-refractivity contribution in [2.75, 3.05) is 26.2 Å². The second kappa shape index (κ2) is 8.76. The number of rotatable bonds is 4. The highest BCUT2D eigenvalue weighted by Crippen LogP contribution is 2.26. The van der Waals surface area contributed by atoms with Crippen LogP contribution in [0.3, 0.4) is 0 Å². The summed E-state index contributed by atoms with van der Waals surface area (Å²) in [5.41, 5.74) is 3.54. The molecule has 1 amide bonds. The summed E-state index contributed by atoms with van der Waals surface area (Å²) in [5, 5.41) is 5.61. The van der Waals surface area contributed by atoms with Crippen LogP contribution < -0.4 is 0 Å². The molecule has 3 aromatic rings. The lowest BCUT2D eigenvalue weighted by Crippen LogP contribution is -2.48. The number of halogens is 2. The van der Waals surface area contributed by atoms with Crippen LogP contribution in [-0.4, -0.2) is 56.7 Å². The van der Waals surface area contributed by atoms with Gasteiger partial charge in [-0.25, -0.2) is 9.67 Å². The van der Waals surface area contributed by atoms with Crippen LogP contribution in [0.1, 0.15) is 27.3 Å². The molecule has 2 aromatic heterocycles. The SMILES string of the molecule is Cc1cc(C)n(-c2ccc(C(=O)N3CCN(Cc4cccc(Cl)c4Cl)CC3)cn2)n1. The molecule has 6 nitrogen and oxygen atoms in total. The Balaban J connectivity index is 1.37. The van der Waals surface area contributed by atoms with E-state index in [2.05, 4.69) is 15.0 Å². The predicted octanol–water partition coefficient (Wildman–Crippen LogP) is 4.15. The highest BCUT2D eigenvalue weighted by Gasteiger charge is 2.23. The molecule has 1 aliphatic rings. The summed E-state index contributed by atoms with van der Waals surface area (Å²) in [6.45, 7) is 7.54. The van der Waals surface area contributed by atoms with Crippen LogP contribution in [0.5, 0.6) is 0 Å². The number of hydrogen-bond donors (Lipinski definition) is 0. The highest BCUT2D eigenvalue weighted by atomic mass is 35.5. The van der Waals surface area contributed by atoms with Crippen LogP contribution in [0.15, 0.2) is 42.6 Å². The quantitative estimate of drug-likeness (QED) is 0.607. The minimum absolute atomic E-state index is 0.00264. The molecule has 0 spiro atoms. The summed E-state index contributed by atoms with van der Waals surface area (Å²) in [5.74, 6) is 0.711. The largest absolute Gasteiger partial charge is 0.336 e. The van der Waals surface area contributed by atoms with Gasteiger partial charge >= 0.3 is 0 Å². The summed E-state index contributed by atoms with van der Waals surface area (Å²) in [4.78, 5) is 21.5. The summed E-state index contributed by atoms with van der Waals surface area (Å²) >= 11 is 12.4. The Morgan fingerprint density at radius 2 is 1.83 bits per heavy atom. The zero-order valence-corrected chi connectivity index (χ0v) is 18.5. The van der Waals surface area contributed by atoms with E-state index in [1.807, 2.05) is 49.1 Å². The van der Waals surface area contributed by atoms with E-state index in [1.165, 1.54) is 0 Å². The van der Waals surface area contributed by atoms with Gasteiger partial charge in [0, 0.05) is 44.6 Å². The maximum Gasteiger partial charge on any atom is 0.255 e. The van der Waals surface area contributed by atoms with E-state index in [-0.39, 0.29) is 5.91 Å².